The lowest BCUT2D eigenvalue weighted by molar-refractivity contribution is 0.474. The van der Waals surface area contributed by atoms with Crippen molar-refractivity contribution >= 4 is 31.9 Å². The van der Waals surface area contributed by atoms with Crippen LogP contribution >= 0.6 is 31.9 Å². The summed E-state index contributed by atoms with van der Waals surface area (Å²) in [7, 11) is 0. The second-order valence-corrected chi connectivity index (χ2v) is 6.33. The molecule has 0 aliphatic rings. The van der Waals surface area contributed by atoms with Crippen LogP contribution < -0.4 is 10.1 Å². The minimum Gasteiger partial charge on any atom is -0.455 e. The maximum atomic E-state index is 13.1. The molecule has 0 unspecified atom stereocenters. The zero-order valence-electron chi connectivity index (χ0n) is 11.6. The molecule has 0 amide bonds. The molecular formula is C16H16Br2FNO. The van der Waals surface area contributed by atoms with Crippen LogP contribution in [0.1, 0.15) is 18.9 Å². The molecule has 2 rings (SSSR count). The summed E-state index contributed by atoms with van der Waals surface area (Å²) >= 11 is 6.81. The summed E-state index contributed by atoms with van der Waals surface area (Å²) < 4.78 is 20.3. The van der Waals surface area contributed by atoms with Gasteiger partial charge in [-0.25, -0.2) is 4.39 Å². The lowest BCUT2D eigenvalue weighted by Gasteiger charge is -2.11. The fraction of sp³-hybridized carbons (Fsp3) is 0.250. The first-order valence-corrected chi connectivity index (χ1v) is 8.31. The second-order valence-electron chi connectivity index (χ2n) is 4.62. The van der Waals surface area contributed by atoms with Crippen molar-refractivity contribution in [2.24, 2.45) is 0 Å². The van der Waals surface area contributed by atoms with E-state index in [4.69, 9.17) is 4.74 Å². The van der Waals surface area contributed by atoms with Crippen molar-refractivity contribution in [3.05, 3.63) is 56.7 Å². The first-order chi connectivity index (χ1) is 10.1. The van der Waals surface area contributed by atoms with E-state index in [1.807, 2.05) is 18.2 Å². The van der Waals surface area contributed by atoms with E-state index in [0.29, 0.717) is 16.0 Å². The number of ether oxygens (including phenoxy) is 1. The highest BCUT2D eigenvalue weighted by Gasteiger charge is 2.08. The number of benzene rings is 2. The van der Waals surface area contributed by atoms with Gasteiger partial charge in [0, 0.05) is 6.54 Å². The van der Waals surface area contributed by atoms with Gasteiger partial charge in [0.25, 0.3) is 0 Å². The predicted molar refractivity (Wildman–Crippen MR) is 90.3 cm³/mol. The molecular weight excluding hydrogens is 401 g/mol. The minimum atomic E-state index is -0.300. The van der Waals surface area contributed by atoms with Crippen LogP contribution in [0.15, 0.2) is 45.3 Å². The Balaban J connectivity index is 2.10. The normalized spacial score (nSPS) is 10.7. The lowest BCUT2D eigenvalue weighted by Crippen LogP contribution is -2.13. The fourth-order valence-corrected chi connectivity index (χ4v) is 2.76. The molecule has 1 N–H and O–H groups in total. The monoisotopic (exact) mass is 415 g/mol. The topological polar surface area (TPSA) is 21.3 Å². The molecule has 0 radical (unpaired) electrons. The molecule has 2 nitrogen and oxygen atoms in total. The maximum Gasteiger partial charge on any atom is 0.141 e. The largest absolute Gasteiger partial charge is 0.455 e. The lowest BCUT2D eigenvalue weighted by atomic mass is 10.2. The average molecular weight is 417 g/mol. The van der Waals surface area contributed by atoms with E-state index in [9.17, 15) is 4.39 Å². The molecule has 0 heterocycles. The molecule has 2 aromatic carbocycles. The van der Waals surface area contributed by atoms with Gasteiger partial charge in [0.05, 0.1) is 8.95 Å². The van der Waals surface area contributed by atoms with Crippen molar-refractivity contribution < 1.29 is 9.13 Å². The molecule has 0 bridgehead atoms. The van der Waals surface area contributed by atoms with Crippen molar-refractivity contribution in [3.8, 4) is 11.5 Å². The van der Waals surface area contributed by atoms with E-state index in [1.165, 1.54) is 17.7 Å². The van der Waals surface area contributed by atoms with E-state index in [0.717, 1.165) is 24.0 Å². The summed E-state index contributed by atoms with van der Waals surface area (Å²) in [6.07, 6.45) is 1.11. The summed E-state index contributed by atoms with van der Waals surface area (Å²) in [4.78, 5) is 0. The Morgan fingerprint density at radius 2 is 1.71 bits per heavy atom. The molecule has 5 heteroatoms. The van der Waals surface area contributed by atoms with Crippen molar-refractivity contribution in [1.29, 1.82) is 0 Å². The molecule has 0 atom stereocenters. The molecule has 2 aromatic rings. The Labute approximate surface area is 141 Å². The predicted octanol–water partition coefficient (Wildman–Crippen LogP) is 5.64. The number of hydrogen-bond acceptors (Lipinski definition) is 2. The van der Waals surface area contributed by atoms with Crippen molar-refractivity contribution in [3.63, 3.8) is 0 Å². The van der Waals surface area contributed by atoms with Gasteiger partial charge >= 0.3 is 0 Å². The van der Waals surface area contributed by atoms with Crippen LogP contribution in [0.2, 0.25) is 0 Å². The Morgan fingerprint density at radius 3 is 2.33 bits per heavy atom. The highest BCUT2D eigenvalue weighted by atomic mass is 79.9. The fourth-order valence-electron chi connectivity index (χ4n) is 1.82. The van der Waals surface area contributed by atoms with Gasteiger partial charge in [-0.3, -0.25) is 0 Å². The highest BCUT2D eigenvalue weighted by Crippen LogP contribution is 2.34. The van der Waals surface area contributed by atoms with Crippen LogP contribution in [0.5, 0.6) is 11.5 Å². The van der Waals surface area contributed by atoms with Gasteiger partial charge in [0.1, 0.15) is 17.3 Å². The SMILES string of the molecule is CCCNCc1ccc(Oc2ccc(F)cc2Br)c(Br)c1. The summed E-state index contributed by atoms with van der Waals surface area (Å²) in [5.41, 5.74) is 1.18. The minimum absolute atomic E-state index is 0.300. The van der Waals surface area contributed by atoms with E-state index in [1.54, 1.807) is 6.07 Å². The van der Waals surface area contributed by atoms with E-state index in [2.05, 4.69) is 44.1 Å². The third kappa shape index (κ3) is 4.80. The van der Waals surface area contributed by atoms with Crippen molar-refractivity contribution in [1.82, 2.24) is 5.32 Å². The number of nitrogens with one attached hydrogen (secondary N) is 1. The zero-order chi connectivity index (χ0) is 15.2. The second kappa shape index (κ2) is 7.92. The summed E-state index contributed by atoms with van der Waals surface area (Å²) in [6.45, 7) is 3.96. The van der Waals surface area contributed by atoms with Gasteiger partial charge in [0.15, 0.2) is 0 Å². The molecule has 0 aliphatic carbocycles. The van der Waals surface area contributed by atoms with Crippen LogP contribution in [0.3, 0.4) is 0 Å². The summed E-state index contributed by atoms with van der Waals surface area (Å²) in [5, 5.41) is 3.35. The van der Waals surface area contributed by atoms with Gasteiger partial charge in [-0.1, -0.05) is 13.0 Å². The smallest absolute Gasteiger partial charge is 0.141 e. The zero-order valence-corrected chi connectivity index (χ0v) is 14.8. The van der Waals surface area contributed by atoms with Crippen LogP contribution in [0.25, 0.3) is 0 Å². The van der Waals surface area contributed by atoms with Gasteiger partial charge in [-0.2, -0.15) is 0 Å². The van der Waals surface area contributed by atoms with E-state index >= 15 is 0 Å². The molecule has 0 aliphatic heterocycles. The van der Waals surface area contributed by atoms with Gasteiger partial charge < -0.3 is 10.1 Å². The quantitative estimate of drug-likeness (QED) is 0.615. The molecule has 0 fully saturated rings. The number of rotatable bonds is 6. The van der Waals surface area contributed by atoms with Crippen LogP contribution in [-0.4, -0.2) is 6.54 Å². The van der Waals surface area contributed by atoms with Crippen molar-refractivity contribution in [2.45, 2.75) is 19.9 Å². The van der Waals surface area contributed by atoms with Crippen LogP contribution in [0.4, 0.5) is 4.39 Å². The van der Waals surface area contributed by atoms with Gasteiger partial charge in [-0.15, -0.1) is 0 Å². The first kappa shape index (κ1) is 16.5. The molecule has 0 aromatic heterocycles. The van der Waals surface area contributed by atoms with E-state index < -0.39 is 0 Å². The summed E-state index contributed by atoms with van der Waals surface area (Å²) in [6, 6.07) is 10.3. The Hall–Kier alpha value is -0.910. The molecule has 0 saturated heterocycles. The average Bonchev–Trinajstić information content (AvgIpc) is 2.44. The van der Waals surface area contributed by atoms with E-state index in [-0.39, 0.29) is 5.82 Å². The Bertz CT molecular complexity index is 619. The third-order valence-corrected chi connectivity index (χ3v) is 4.11. The van der Waals surface area contributed by atoms with Gasteiger partial charge in [0.2, 0.25) is 0 Å². The first-order valence-electron chi connectivity index (χ1n) is 6.72. The van der Waals surface area contributed by atoms with Crippen LogP contribution in [-0.2, 0) is 6.54 Å². The Kier molecular flexibility index (Phi) is 6.21. The maximum absolute atomic E-state index is 13.1. The standard InChI is InChI=1S/C16H16Br2FNO/c1-2-7-20-10-11-3-5-15(13(17)8-11)21-16-6-4-12(19)9-14(16)18/h3-6,8-9,20H,2,7,10H2,1H3. The number of halogens is 3. The van der Waals surface area contributed by atoms with Crippen LogP contribution in [0, 0.1) is 5.82 Å². The molecule has 112 valence electrons. The summed E-state index contributed by atoms with van der Waals surface area (Å²) in [5.74, 6) is 0.973. The molecule has 21 heavy (non-hydrogen) atoms. The third-order valence-electron chi connectivity index (χ3n) is 2.87. The molecule has 0 saturated carbocycles. The molecule has 0 spiro atoms. The highest BCUT2D eigenvalue weighted by molar-refractivity contribution is 9.11. The Morgan fingerprint density at radius 1 is 1.05 bits per heavy atom. The van der Waals surface area contributed by atoms with Gasteiger partial charge in [-0.05, 0) is 80.7 Å². The van der Waals surface area contributed by atoms with Crippen molar-refractivity contribution in [2.75, 3.05) is 6.54 Å². The number of hydrogen-bond donors (Lipinski definition) is 1.